The molecule has 3 nitrogen and oxygen atoms in total. The van der Waals surface area contributed by atoms with Crippen molar-refractivity contribution in [1.82, 2.24) is 9.97 Å². The van der Waals surface area contributed by atoms with Gasteiger partial charge in [-0.3, -0.25) is 0 Å². The molecule has 15 heavy (non-hydrogen) atoms. The zero-order valence-corrected chi connectivity index (χ0v) is 9.03. The van der Waals surface area contributed by atoms with E-state index in [4.69, 9.17) is 27.9 Å². The van der Waals surface area contributed by atoms with Gasteiger partial charge in [0.2, 0.25) is 0 Å². The molecular formula is C10H6Cl2N2O. The van der Waals surface area contributed by atoms with Crippen LogP contribution in [-0.2, 0) is 0 Å². The van der Waals surface area contributed by atoms with E-state index in [-0.39, 0.29) is 6.01 Å². The van der Waals surface area contributed by atoms with E-state index in [0.717, 1.165) is 0 Å². The van der Waals surface area contributed by atoms with Crippen LogP contribution in [0.3, 0.4) is 0 Å². The minimum atomic E-state index is 0.260. The molecule has 0 saturated heterocycles. The molecule has 5 heteroatoms. The molecule has 0 saturated carbocycles. The van der Waals surface area contributed by atoms with E-state index in [1.165, 1.54) is 0 Å². The van der Waals surface area contributed by atoms with E-state index in [0.29, 0.717) is 15.8 Å². The van der Waals surface area contributed by atoms with Gasteiger partial charge in [-0.1, -0.05) is 23.2 Å². The fourth-order valence-electron chi connectivity index (χ4n) is 1.03. The standard InChI is InChI=1S/C10H6Cl2N2O/c11-7-4-8(12)6-9(5-7)15-10-13-2-1-3-14-10/h1-6H. The van der Waals surface area contributed by atoms with Crippen molar-refractivity contribution in [3.8, 4) is 11.8 Å². The van der Waals surface area contributed by atoms with Crippen LogP contribution in [0.4, 0.5) is 0 Å². The first-order chi connectivity index (χ1) is 7.24. The maximum absolute atomic E-state index is 5.81. The molecule has 76 valence electrons. The third kappa shape index (κ3) is 2.81. The number of halogens is 2. The first kappa shape index (κ1) is 10.2. The van der Waals surface area contributed by atoms with Crippen LogP contribution < -0.4 is 4.74 Å². The Morgan fingerprint density at radius 3 is 2.13 bits per heavy atom. The van der Waals surface area contributed by atoms with E-state index < -0.39 is 0 Å². The number of nitrogens with zero attached hydrogens (tertiary/aromatic N) is 2. The number of benzene rings is 1. The minimum absolute atomic E-state index is 0.260. The van der Waals surface area contributed by atoms with Crippen molar-refractivity contribution in [3.63, 3.8) is 0 Å². The molecule has 0 unspecified atom stereocenters. The smallest absolute Gasteiger partial charge is 0.321 e. The van der Waals surface area contributed by atoms with Crippen molar-refractivity contribution >= 4 is 23.2 Å². The van der Waals surface area contributed by atoms with Crippen molar-refractivity contribution in [2.24, 2.45) is 0 Å². The molecule has 0 bridgehead atoms. The number of hydrogen-bond acceptors (Lipinski definition) is 3. The van der Waals surface area contributed by atoms with Gasteiger partial charge in [-0.05, 0) is 24.3 Å². The highest BCUT2D eigenvalue weighted by Crippen LogP contribution is 2.26. The molecule has 1 heterocycles. The van der Waals surface area contributed by atoms with E-state index in [2.05, 4.69) is 9.97 Å². The van der Waals surface area contributed by atoms with Gasteiger partial charge in [0.05, 0.1) is 0 Å². The van der Waals surface area contributed by atoms with Crippen molar-refractivity contribution < 1.29 is 4.74 Å². The first-order valence-corrected chi connectivity index (χ1v) is 4.90. The van der Waals surface area contributed by atoms with E-state index in [1.54, 1.807) is 36.7 Å². The summed E-state index contributed by atoms with van der Waals surface area (Å²) in [5.41, 5.74) is 0. The summed E-state index contributed by atoms with van der Waals surface area (Å²) in [7, 11) is 0. The number of aromatic nitrogens is 2. The van der Waals surface area contributed by atoms with Crippen LogP contribution in [0.1, 0.15) is 0 Å². The Labute approximate surface area is 96.6 Å². The third-order valence-corrected chi connectivity index (χ3v) is 2.02. The summed E-state index contributed by atoms with van der Waals surface area (Å²) in [5.74, 6) is 0.513. The van der Waals surface area contributed by atoms with Crippen LogP contribution in [0.25, 0.3) is 0 Å². The van der Waals surface area contributed by atoms with Gasteiger partial charge in [-0.2, -0.15) is 0 Å². The Morgan fingerprint density at radius 1 is 0.933 bits per heavy atom. The maximum Gasteiger partial charge on any atom is 0.321 e. The molecule has 0 fully saturated rings. The van der Waals surface area contributed by atoms with Crippen LogP contribution in [-0.4, -0.2) is 9.97 Å². The van der Waals surface area contributed by atoms with Gasteiger partial charge in [0.15, 0.2) is 0 Å². The Bertz CT molecular complexity index is 442. The summed E-state index contributed by atoms with van der Waals surface area (Å²) in [6, 6.07) is 6.88. The van der Waals surface area contributed by atoms with Gasteiger partial charge in [-0.25, -0.2) is 9.97 Å². The largest absolute Gasteiger partial charge is 0.424 e. The fourth-order valence-corrected chi connectivity index (χ4v) is 1.54. The van der Waals surface area contributed by atoms with Crippen LogP contribution in [0, 0.1) is 0 Å². The normalized spacial score (nSPS) is 10.0. The summed E-state index contributed by atoms with van der Waals surface area (Å²) in [6.45, 7) is 0. The van der Waals surface area contributed by atoms with E-state index in [9.17, 15) is 0 Å². The lowest BCUT2D eigenvalue weighted by molar-refractivity contribution is 0.442. The molecule has 0 atom stereocenters. The Kier molecular flexibility index (Phi) is 3.04. The average molecular weight is 241 g/mol. The lowest BCUT2D eigenvalue weighted by atomic mass is 10.3. The van der Waals surface area contributed by atoms with Crippen molar-refractivity contribution in [3.05, 3.63) is 46.7 Å². The Morgan fingerprint density at radius 2 is 1.53 bits per heavy atom. The highest BCUT2D eigenvalue weighted by Gasteiger charge is 2.01. The molecule has 0 radical (unpaired) electrons. The molecule has 0 N–H and O–H groups in total. The first-order valence-electron chi connectivity index (χ1n) is 4.15. The predicted molar refractivity (Wildman–Crippen MR) is 58.6 cm³/mol. The molecule has 1 aromatic heterocycles. The summed E-state index contributed by atoms with van der Waals surface area (Å²) >= 11 is 11.6. The molecule has 0 spiro atoms. The van der Waals surface area contributed by atoms with Crippen LogP contribution in [0.2, 0.25) is 10.0 Å². The fraction of sp³-hybridized carbons (Fsp3) is 0. The van der Waals surface area contributed by atoms with Crippen molar-refractivity contribution in [1.29, 1.82) is 0 Å². The lowest BCUT2D eigenvalue weighted by Crippen LogP contribution is -1.89. The van der Waals surface area contributed by atoms with Crippen molar-refractivity contribution in [2.75, 3.05) is 0 Å². The summed E-state index contributed by atoms with van der Waals surface area (Å²) in [4.78, 5) is 7.83. The SMILES string of the molecule is Clc1cc(Cl)cc(Oc2ncccn2)c1. The average Bonchev–Trinajstić information content (AvgIpc) is 2.17. The van der Waals surface area contributed by atoms with E-state index >= 15 is 0 Å². The van der Waals surface area contributed by atoms with Gasteiger partial charge in [0.25, 0.3) is 0 Å². The number of rotatable bonds is 2. The Hall–Kier alpha value is -1.32. The second-order valence-corrected chi connectivity index (χ2v) is 3.61. The highest BCUT2D eigenvalue weighted by molar-refractivity contribution is 6.34. The predicted octanol–water partition coefficient (Wildman–Crippen LogP) is 3.58. The van der Waals surface area contributed by atoms with Gasteiger partial charge >= 0.3 is 6.01 Å². The molecule has 2 aromatic rings. The number of ether oxygens (including phenoxy) is 1. The zero-order valence-electron chi connectivity index (χ0n) is 7.52. The molecule has 2 rings (SSSR count). The van der Waals surface area contributed by atoms with Crippen LogP contribution in [0.15, 0.2) is 36.7 Å². The van der Waals surface area contributed by atoms with Gasteiger partial charge in [-0.15, -0.1) is 0 Å². The van der Waals surface area contributed by atoms with Crippen LogP contribution >= 0.6 is 23.2 Å². The maximum atomic E-state index is 5.81. The molecule has 0 aliphatic rings. The second kappa shape index (κ2) is 4.47. The van der Waals surface area contributed by atoms with Crippen LogP contribution in [0.5, 0.6) is 11.8 Å². The minimum Gasteiger partial charge on any atom is -0.424 e. The zero-order chi connectivity index (χ0) is 10.7. The third-order valence-electron chi connectivity index (χ3n) is 1.59. The number of hydrogen-bond donors (Lipinski definition) is 0. The molecule has 0 aliphatic heterocycles. The molecular weight excluding hydrogens is 235 g/mol. The van der Waals surface area contributed by atoms with Gasteiger partial charge in [0.1, 0.15) is 5.75 Å². The second-order valence-electron chi connectivity index (χ2n) is 2.74. The molecule has 1 aromatic carbocycles. The quantitative estimate of drug-likeness (QED) is 0.805. The monoisotopic (exact) mass is 240 g/mol. The molecule has 0 amide bonds. The Balaban J connectivity index is 2.25. The molecule has 0 aliphatic carbocycles. The highest BCUT2D eigenvalue weighted by atomic mass is 35.5. The topological polar surface area (TPSA) is 35.0 Å². The van der Waals surface area contributed by atoms with Gasteiger partial charge in [0, 0.05) is 22.4 Å². The summed E-state index contributed by atoms with van der Waals surface area (Å²) in [5, 5.41) is 1.02. The van der Waals surface area contributed by atoms with Gasteiger partial charge < -0.3 is 4.74 Å². The van der Waals surface area contributed by atoms with E-state index in [1.807, 2.05) is 0 Å². The lowest BCUT2D eigenvalue weighted by Gasteiger charge is -2.03. The summed E-state index contributed by atoms with van der Waals surface area (Å²) in [6.07, 6.45) is 3.18. The summed E-state index contributed by atoms with van der Waals surface area (Å²) < 4.78 is 5.35. The van der Waals surface area contributed by atoms with Crippen molar-refractivity contribution in [2.45, 2.75) is 0 Å².